The van der Waals surface area contributed by atoms with Crippen molar-refractivity contribution in [1.82, 2.24) is 4.98 Å². The van der Waals surface area contributed by atoms with Crippen LogP contribution in [0.3, 0.4) is 0 Å². The second-order valence-electron chi connectivity index (χ2n) is 4.18. The van der Waals surface area contributed by atoms with Crippen LogP contribution in [0.4, 0.5) is 11.4 Å². The predicted octanol–water partition coefficient (Wildman–Crippen LogP) is 2.25. The number of hydrogen-bond acceptors (Lipinski definition) is 3. The molecule has 0 atom stereocenters. The van der Waals surface area contributed by atoms with E-state index in [9.17, 15) is 4.79 Å². The molecule has 2 rings (SSSR count). The molecule has 1 aromatic heterocycles. The smallest absolute Gasteiger partial charge is 0.227 e. The second-order valence-corrected chi connectivity index (χ2v) is 4.18. The Morgan fingerprint density at radius 3 is 2.69 bits per heavy atom. The molecule has 86 valence electrons. The molecule has 16 heavy (non-hydrogen) atoms. The Morgan fingerprint density at radius 1 is 1.31 bits per heavy atom. The molecule has 0 spiro atoms. The van der Waals surface area contributed by atoms with Crippen LogP contribution in [0, 0.1) is 5.92 Å². The lowest BCUT2D eigenvalue weighted by Gasteiger charge is -2.10. The van der Waals surface area contributed by atoms with Gasteiger partial charge < -0.3 is 10.6 Å². The Morgan fingerprint density at radius 2 is 2.00 bits per heavy atom. The molecule has 4 heteroatoms. The largest absolute Gasteiger partial charge is 0.387 e. The van der Waals surface area contributed by atoms with Gasteiger partial charge in [0.25, 0.3) is 0 Å². The molecule has 1 amide bonds. The van der Waals surface area contributed by atoms with Crippen LogP contribution in [0.1, 0.15) is 25.7 Å². The average Bonchev–Trinajstić information content (AvgIpc) is 2.83. The molecule has 1 aliphatic rings. The number of anilines is 2. The van der Waals surface area contributed by atoms with Crippen molar-refractivity contribution >= 4 is 17.3 Å². The van der Waals surface area contributed by atoms with Crippen LogP contribution in [-0.4, -0.2) is 17.9 Å². The number of carbonyl (C=O) groups is 1. The normalized spacial score (nSPS) is 16.1. The van der Waals surface area contributed by atoms with Gasteiger partial charge in [-0.25, -0.2) is 0 Å². The zero-order valence-corrected chi connectivity index (χ0v) is 9.49. The van der Waals surface area contributed by atoms with E-state index in [1.807, 2.05) is 13.1 Å². The van der Waals surface area contributed by atoms with Gasteiger partial charge in [0.05, 0.1) is 23.8 Å². The number of aromatic nitrogens is 1. The van der Waals surface area contributed by atoms with Gasteiger partial charge in [0, 0.05) is 13.0 Å². The van der Waals surface area contributed by atoms with Crippen LogP contribution in [0.15, 0.2) is 18.5 Å². The van der Waals surface area contributed by atoms with Gasteiger partial charge in [0.15, 0.2) is 0 Å². The van der Waals surface area contributed by atoms with Crippen molar-refractivity contribution in [1.29, 1.82) is 0 Å². The summed E-state index contributed by atoms with van der Waals surface area (Å²) in [4.78, 5) is 15.9. The van der Waals surface area contributed by atoms with Crippen LogP contribution in [0.2, 0.25) is 0 Å². The maximum atomic E-state index is 11.9. The van der Waals surface area contributed by atoms with E-state index >= 15 is 0 Å². The van der Waals surface area contributed by atoms with E-state index in [4.69, 9.17) is 0 Å². The van der Waals surface area contributed by atoms with Crippen molar-refractivity contribution in [2.24, 2.45) is 5.92 Å². The van der Waals surface area contributed by atoms with Crippen molar-refractivity contribution in [3.63, 3.8) is 0 Å². The number of pyridine rings is 1. The Hall–Kier alpha value is -1.58. The van der Waals surface area contributed by atoms with Crippen molar-refractivity contribution < 1.29 is 4.79 Å². The highest BCUT2D eigenvalue weighted by molar-refractivity contribution is 5.92. The van der Waals surface area contributed by atoms with Gasteiger partial charge in [-0.15, -0.1) is 0 Å². The van der Waals surface area contributed by atoms with E-state index in [0.717, 1.165) is 24.2 Å². The lowest BCUT2D eigenvalue weighted by atomic mass is 10.1. The fraction of sp³-hybridized carbons (Fsp3) is 0.500. The minimum atomic E-state index is 0.132. The zero-order chi connectivity index (χ0) is 11.4. The minimum Gasteiger partial charge on any atom is -0.387 e. The summed E-state index contributed by atoms with van der Waals surface area (Å²) in [7, 11) is 1.83. The zero-order valence-electron chi connectivity index (χ0n) is 9.49. The van der Waals surface area contributed by atoms with E-state index < -0.39 is 0 Å². The molecule has 0 bridgehead atoms. The van der Waals surface area contributed by atoms with Gasteiger partial charge in [0.2, 0.25) is 5.91 Å². The molecular weight excluding hydrogens is 202 g/mol. The summed E-state index contributed by atoms with van der Waals surface area (Å²) in [5.41, 5.74) is 1.67. The molecule has 1 aromatic rings. The molecule has 0 unspecified atom stereocenters. The first-order valence-corrected chi connectivity index (χ1v) is 5.73. The summed E-state index contributed by atoms with van der Waals surface area (Å²) in [6, 6.07) is 1.89. The third-order valence-electron chi connectivity index (χ3n) is 3.02. The summed E-state index contributed by atoms with van der Waals surface area (Å²) < 4.78 is 0. The maximum Gasteiger partial charge on any atom is 0.227 e. The summed E-state index contributed by atoms with van der Waals surface area (Å²) >= 11 is 0. The number of rotatable bonds is 3. The summed E-state index contributed by atoms with van der Waals surface area (Å²) in [5, 5.41) is 5.91. The third kappa shape index (κ3) is 2.51. The van der Waals surface area contributed by atoms with Gasteiger partial charge in [-0.05, 0) is 18.9 Å². The molecular formula is C12H17N3O. The molecule has 2 N–H and O–H groups in total. The van der Waals surface area contributed by atoms with Crippen molar-refractivity contribution in [3.8, 4) is 0 Å². The fourth-order valence-electron chi connectivity index (χ4n) is 2.08. The first kappa shape index (κ1) is 10.9. The van der Waals surface area contributed by atoms with Crippen molar-refractivity contribution in [2.75, 3.05) is 17.7 Å². The summed E-state index contributed by atoms with van der Waals surface area (Å²) in [6.07, 6.45) is 7.79. The summed E-state index contributed by atoms with van der Waals surface area (Å²) in [5.74, 6) is 0.325. The number of hydrogen-bond donors (Lipinski definition) is 2. The highest BCUT2D eigenvalue weighted by Gasteiger charge is 2.22. The molecule has 1 fully saturated rings. The van der Waals surface area contributed by atoms with Gasteiger partial charge in [-0.1, -0.05) is 12.8 Å². The van der Waals surface area contributed by atoms with Crippen LogP contribution < -0.4 is 10.6 Å². The number of nitrogens with one attached hydrogen (secondary N) is 2. The van der Waals surface area contributed by atoms with Gasteiger partial charge in [-0.2, -0.15) is 0 Å². The number of amides is 1. The van der Waals surface area contributed by atoms with E-state index in [1.165, 1.54) is 12.8 Å². The molecule has 1 heterocycles. The summed E-state index contributed by atoms with van der Waals surface area (Å²) in [6.45, 7) is 0. The third-order valence-corrected chi connectivity index (χ3v) is 3.02. The topological polar surface area (TPSA) is 54.0 Å². The van der Waals surface area contributed by atoms with Crippen LogP contribution in [0.25, 0.3) is 0 Å². The predicted molar refractivity (Wildman–Crippen MR) is 64.4 cm³/mol. The molecule has 1 aliphatic carbocycles. The Balaban J connectivity index is 1.99. The SMILES string of the molecule is CNc1cncc(NC(=O)C2CCCC2)c1. The van der Waals surface area contributed by atoms with E-state index in [0.29, 0.717) is 0 Å². The standard InChI is InChI=1S/C12H17N3O/c1-13-10-6-11(8-14-7-10)15-12(16)9-4-2-3-5-9/h6-9,13H,2-5H2,1H3,(H,15,16). The van der Waals surface area contributed by atoms with Crippen LogP contribution in [-0.2, 0) is 4.79 Å². The number of carbonyl (C=O) groups excluding carboxylic acids is 1. The van der Waals surface area contributed by atoms with E-state index in [1.54, 1.807) is 12.4 Å². The number of nitrogens with zero attached hydrogens (tertiary/aromatic N) is 1. The minimum absolute atomic E-state index is 0.132. The molecule has 0 saturated heterocycles. The Kier molecular flexibility index (Phi) is 3.39. The second kappa shape index (κ2) is 4.96. The van der Waals surface area contributed by atoms with Crippen molar-refractivity contribution in [2.45, 2.75) is 25.7 Å². The first-order valence-electron chi connectivity index (χ1n) is 5.73. The lowest BCUT2D eigenvalue weighted by molar-refractivity contribution is -0.119. The quantitative estimate of drug-likeness (QED) is 0.819. The average molecular weight is 219 g/mol. The highest BCUT2D eigenvalue weighted by atomic mass is 16.1. The van der Waals surface area contributed by atoms with E-state index in [2.05, 4.69) is 15.6 Å². The fourth-order valence-corrected chi connectivity index (χ4v) is 2.08. The van der Waals surface area contributed by atoms with Gasteiger partial charge in [-0.3, -0.25) is 9.78 Å². The monoisotopic (exact) mass is 219 g/mol. The highest BCUT2D eigenvalue weighted by Crippen LogP contribution is 2.26. The molecule has 4 nitrogen and oxygen atoms in total. The van der Waals surface area contributed by atoms with Gasteiger partial charge in [0.1, 0.15) is 0 Å². The Labute approximate surface area is 95.5 Å². The van der Waals surface area contributed by atoms with Crippen LogP contribution >= 0.6 is 0 Å². The Bertz CT molecular complexity index is 372. The molecule has 0 aliphatic heterocycles. The maximum absolute atomic E-state index is 11.9. The van der Waals surface area contributed by atoms with Gasteiger partial charge >= 0.3 is 0 Å². The van der Waals surface area contributed by atoms with E-state index in [-0.39, 0.29) is 11.8 Å². The van der Waals surface area contributed by atoms with Crippen LogP contribution in [0.5, 0.6) is 0 Å². The molecule has 0 aromatic carbocycles. The van der Waals surface area contributed by atoms with Crippen molar-refractivity contribution in [3.05, 3.63) is 18.5 Å². The lowest BCUT2D eigenvalue weighted by Crippen LogP contribution is -2.20. The molecule has 0 radical (unpaired) electrons. The molecule has 1 saturated carbocycles. The first-order chi connectivity index (χ1) is 7.79.